The molecule has 0 unspecified atom stereocenters. The number of aromatic carboxylic acids is 1. The molecule has 0 radical (unpaired) electrons. The van der Waals surface area contributed by atoms with Crippen molar-refractivity contribution < 1.29 is 19.4 Å². The predicted octanol–water partition coefficient (Wildman–Crippen LogP) is 3.07. The Bertz CT molecular complexity index is 1670. The first-order chi connectivity index (χ1) is 18.2. The first-order valence-electron chi connectivity index (χ1n) is 11.8. The van der Waals surface area contributed by atoms with Crippen LogP contribution in [-0.2, 0) is 13.0 Å². The van der Waals surface area contributed by atoms with Gasteiger partial charge in [0.25, 0.3) is 0 Å². The number of carboxylic acid groups (broad SMARTS) is 1. The number of ether oxygens (including phenoxy) is 2. The van der Waals surface area contributed by atoms with Gasteiger partial charge in [-0.15, -0.1) is 0 Å². The summed E-state index contributed by atoms with van der Waals surface area (Å²) < 4.78 is 12.9. The van der Waals surface area contributed by atoms with Crippen LogP contribution in [0.15, 0.2) is 47.5 Å². The summed E-state index contributed by atoms with van der Waals surface area (Å²) in [4.78, 5) is 32.3. The number of fused-ring (bicyclic) bond motifs is 1. The summed E-state index contributed by atoms with van der Waals surface area (Å²) in [7, 11) is 3.08. The first-order valence-corrected chi connectivity index (χ1v) is 11.8. The van der Waals surface area contributed by atoms with Gasteiger partial charge < -0.3 is 30.6 Å². The summed E-state index contributed by atoms with van der Waals surface area (Å²) in [6, 6.07) is 8.79. The lowest BCUT2D eigenvalue weighted by Crippen LogP contribution is -2.19. The summed E-state index contributed by atoms with van der Waals surface area (Å²) in [5.74, 6) is 6.39. The van der Waals surface area contributed by atoms with E-state index in [1.165, 1.54) is 13.3 Å². The SMILES string of the molecule is CCCn1cc(C(=O)O)c(=O)c2ccc(C#Cc3cc(Cc4cnc(N)nc4N)cc(OC)c3OC)cc21. The van der Waals surface area contributed by atoms with Gasteiger partial charge in [-0.25, -0.2) is 9.78 Å². The minimum atomic E-state index is -1.25. The average Bonchev–Trinajstić information content (AvgIpc) is 2.90. The molecular weight excluding hydrogens is 486 g/mol. The minimum absolute atomic E-state index is 0.101. The lowest BCUT2D eigenvalue weighted by molar-refractivity contribution is 0.0694. The van der Waals surface area contributed by atoms with Crippen molar-refractivity contribution in [2.75, 3.05) is 25.7 Å². The van der Waals surface area contributed by atoms with Crippen LogP contribution in [0.1, 0.15) is 46.0 Å². The molecule has 0 saturated heterocycles. The quantitative estimate of drug-likeness (QED) is 0.316. The number of aryl methyl sites for hydroxylation is 1. The molecule has 194 valence electrons. The maximum absolute atomic E-state index is 12.7. The molecule has 0 aliphatic carbocycles. The summed E-state index contributed by atoms with van der Waals surface area (Å²) >= 11 is 0. The van der Waals surface area contributed by atoms with Crippen LogP contribution in [0.2, 0.25) is 0 Å². The van der Waals surface area contributed by atoms with Gasteiger partial charge in [-0.3, -0.25) is 4.79 Å². The van der Waals surface area contributed by atoms with E-state index in [-0.39, 0.29) is 11.5 Å². The highest BCUT2D eigenvalue weighted by molar-refractivity contribution is 5.92. The van der Waals surface area contributed by atoms with E-state index in [1.807, 2.05) is 19.1 Å². The van der Waals surface area contributed by atoms with E-state index in [0.29, 0.717) is 57.9 Å². The topological polar surface area (TPSA) is 156 Å². The standard InChI is InChI=1S/C28H27N5O5/c1-4-9-33-15-21(27(35)36)24(34)20-8-6-16(12-22(20)33)5-7-18-10-17(13-23(37-2)25(18)38-3)11-19-14-31-28(30)32-26(19)29/h6,8,10,12-15H,4,9,11H2,1-3H3,(H,35,36)(H4,29,30,31,32). The molecule has 0 aliphatic rings. The Morgan fingerprint density at radius 3 is 2.58 bits per heavy atom. The summed E-state index contributed by atoms with van der Waals surface area (Å²) in [6.07, 6.45) is 4.16. The number of carbonyl (C=O) groups is 1. The van der Waals surface area contributed by atoms with E-state index >= 15 is 0 Å². The molecular formula is C28H27N5O5. The predicted molar refractivity (Wildman–Crippen MR) is 145 cm³/mol. The molecule has 0 aliphatic heterocycles. The molecule has 4 aromatic rings. The molecule has 10 heteroatoms. The molecule has 0 spiro atoms. The fourth-order valence-corrected chi connectivity index (χ4v) is 4.19. The van der Waals surface area contributed by atoms with Crippen molar-refractivity contribution in [3.63, 3.8) is 0 Å². The number of nitrogen functional groups attached to an aromatic ring is 2. The highest BCUT2D eigenvalue weighted by atomic mass is 16.5. The fraction of sp³-hybridized carbons (Fsp3) is 0.214. The number of nitrogens with two attached hydrogens (primary N) is 2. The molecule has 5 N–H and O–H groups in total. The third-order valence-electron chi connectivity index (χ3n) is 5.97. The van der Waals surface area contributed by atoms with Crippen LogP contribution >= 0.6 is 0 Å². The van der Waals surface area contributed by atoms with Crippen LogP contribution in [0.5, 0.6) is 11.5 Å². The Morgan fingerprint density at radius 2 is 1.92 bits per heavy atom. The molecule has 0 atom stereocenters. The highest BCUT2D eigenvalue weighted by Gasteiger charge is 2.15. The van der Waals surface area contributed by atoms with E-state index in [0.717, 1.165) is 12.0 Å². The molecule has 4 rings (SSSR count). The second-order valence-electron chi connectivity index (χ2n) is 8.55. The molecule has 2 aromatic heterocycles. The van der Waals surface area contributed by atoms with Gasteiger partial charge in [0, 0.05) is 41.9 Å². The monoisotopic (exact) mass is 513 g/mol. The third-order valence-corrected chi connectivity index (χ3v) is 5.97. The Kier molecular flexibility index (Phi) is 7.48. The summed E-state index contributed by atoms with van der Waals surface area (Å²) in [5, 5.41) is 9.77. The van der Waals surface area contributed by atoms with E-state index in [1.54, 1.807) is 36.1 Å². The molecule has 0 saturated carbocycles. The maximum atomic E-state index is 12.7. The number of hydrogen-bond donors (Lipinski definition) is 3. The second kappa shape index (κ2) is 10.9. The average molecular weight is 514 g/mol. The van der Waals surface area contributed by atoms with Gasteiger partial charge in [0.1, 0.15) is 11.4 Å². The van der Waals surface area contributed by atoms with Gasteiger partial charge in [0.05, 0.1) is 25.3 Å². The van der Waals surface area contributed by atoms with E-state index < -0.39 is 11.4 Å². The zero-order valence-corrected chi connectivity index (χ0v) is 21.2. The summed E-state index contributed by atoms with van der Waals surface area (Å²) in [6.45, 7) is 2.53. The number of nitrogens with zero attached hydrogens (tertiary/aromatic N) is 3. The van der Waals surface area contributed by atoms with Crippen LogP contribution in [0, 0.1) is 11.8 Å². The highest BCUT2D eigenvalue weighted by Crippen LogP contribution is 2.33. The zero-order valence-electron chi connectivity index (χ0n) is 21.2. The number of hydrogen-bond acceptors (Lipinski definition) is 8. The molecule has 10 nitrogen and oxygen atoms in total. The normalized spacial score (nSPS) is 10.6. The van der Waals surface area contributed by atoms with Crippen LogP contribution in [-0.4, -0.2) is 39.8 Å². The molecule has 2 aromatic carbocycles. The fourth-order valence-electron chi connectivity index (χ4n) is 4.19. The number of methoxy groups -OCH3 is 2. The number of aromatic nitrogens is 3. The van der Waals surface area contributed by atoms with E-state index in [4.69, 9.17) is 20.9 Å². The molecule has 0 bridgehead atoms. The Labute approximate surface area is 218 Å². The molecule has 2 heterocycles. The lowest BCUT2D eigenvalue weighted by atomic mass is 10.0. The van der Waals surface area contributed by atoms with Gasteiger partial charge in [-0.05, 0) is 42.3 Å². The Hall–Kier alpha value is -5.04. The van der Waals surface area contributed by atoms with E-state index in [2.05, 4.69) is 21.8 Å². The lowest BCUT2D eigenvalue weighted by Gasteiger charge is -2.13. The first kappa shape index (κ1) is 26.0. The van der Waals surface area contributed by atoms with Crippen molar-refractivity contribution >= 4 is 28.6 Å². The van der Waals surface area contributed by atoms with Crippen LogP contribution in [0.3, 0.4) is 0 Å². The van der Waals surface area contributed by atoms with Crippen molar-refractivity contribution in [1.82, 2.24) is 14.5 Å². The van der Waals surface area contributed by atoms with Crippen LogP contribution in [0.4, 0.5) is 11.8 Å². The molecule has 0 amide bonds. The summed E-state index contributed by atoms with van der Waals surface area (Å²) in [5.41, 5.74) is 14.2. The number of pyridine rings is 1. The Morgan fingerprint density at radius 1 is 1.13 bits per heavy atom. The van der Waals surface area contributed by atoms with Crippen molar-refractivity contribution in [1.29, 1.82) is 0 Å². The van der Waals surface area contributed by atoms with Crippen LogP contribution < -0.4 is 26.4 Å². The van der Waals surface area contributed by atoms with Crippen molar-refractivity contribution in [2.24, 2.45) is 0 Å². The number of benzene rings is 2. The van der Waals surface area contributed by atoms with Crippen LogP contribution in [0.25, 0.3) is 10.9 Å². The number of carboxylic acids is 1. The number of rotatable bonds is 7. The largest absolute Gasteiger partial charge is 0.493 e. The van der Waals surface area contributed by atoms with Crippen molar-refractivity contribution in [3.8, 4) is 23.3 Å². The maximum Gasteiger partial charge on any atom is 0.341 e. The van der Waals surface area contributed by atoms with Gasteiger partial charge in [0.2, 0.25) is 11.4 Å². The third kappa shape index (κ3) is 5.22. The zero-order chi connectivity index (χ0) is 27.4. The number of anilines is 2. The van der Waals surface area contributed by atoms with E-state index in [9.17, 15) is 14.7 Å². The van der Waals surface area contributed by atoms with Crippen molar-refractivity contribution in [2.45, 2.75) is 26.3 Å². The molecule has 38 heavy (non-hydrogen) atoms. The minimum Gasteiger partial charge on any atom is -0.493 e. The van der Waals surface area contributed by atoms with Gasteiger partial charge in [0.15, 0.2) is 11.5 Å². The Balaban J connectivity index is 1.80. The van der Waals surface area contributed by atoms with Crippen molar-refractivity contribution in [3.05, 3.63) is 80.8 Å². The van der Waals surface area contributed by atoms with Gasteiger partial charge >= 0.3 is 5.97 Å². The smallest absolute Gasteiger partial charge is 0.341 e. The molecule has 0 fully saturated rings. The van der Waals surface area contributed by atoms with Gasteiger partial charge in [-0.1, -0.05) is 18.8 Å². The van der Waals surface area contributed by atoms with Gasteiger partial charge in [-0.2, -0.15) is 4.98 Å². The second-order valence-corrected chi connectivity index (χ2v) is 8.55.